The van der Waals surface area contributed by atoms with E-state index in [0.29, 0.717) is 6.54 Å². The molecule has 0 bridgehead atoms. The van der Waals surface area contributed by atoms with Gasteiger partial charge in [-0.25, -0.2) is 9.78 Å². The molecule has 2 atom stereocenters. The lowest BCUT2D eigenvalue weighted by Crippen LogP contribution is -2.40. The summed E-state index contributed by atoms with van der Waals surface area (Å²) in [7, 11) is 1.78. The molecule has 3 rings (SSSR count). The van der Waals surface area contributed by atoms with Gasteiger partial charge < -0.3 is 15.3 Å². The van der Waals surface area contributed by atoms with Crippen LogP contribution in [0.2, 0.25) is 0 Å². The number of aromatic nitrogens is 1. The highest BCUT2D eigenvalue weighted by atomic mass is 32.1. The van der Waals surface area contributed by atoms with E-state index < -0.39 is 0 Å². The van der Waals surface area contributed by atoms with Gasteiger partial charge in [0.05, 0.1) is 6.10 Å². The summed E-state index contributed by atoms with van der Waals surface area (Å²) < 4.78 is 0. The molecule has 2 unspecified atom stereocenters. The maximum Gasteiger partial charge on any atom is 0.321 e. The quantitative estimate of drug-likeness (QED) is 0.885. The smallest absolute Gasteiger partial charge is 0.321 e. The average Bonchev–Trinajstić information content (AvgIpc) is 3.12. The van der Waals surface area contributed by atoms with Gasteiger partial charge >= 0.3 is 6.03 Å². The molecule has 0 spiro atoms. The number of urea groups is 1. The molecule has 0 saturated heterocycles. The summed E-state index contributed by atoms with van der Waals surface area (Å²) in [5, 5.41) is 15.9. The predicted octanol–water partition coefficient (Wildman–Crippen LogP) is 3.82. The number of carbonyl (C=O) groups is 1. The summed E-state index contributed by atoms with van der Waals surface area (Å²) in [5.41, 5.74) is 1.75. The van der Waals surface area contributed by atoms with Crippen LogP contribution in [0.4, 0.5) is 10.5 Å². The van der Waals surface area contributed by atoms with Crippen LogP contribution in [0.25, 0.3) is 10.6 Å². The molecule has 0 radical (unpaired) electrons. The normalized spacial score (nSPS) is 20.6. The third kappa shape index (κ3) is 4.13. The molecular weight excluding hydrogens is 322 g/mol. The van der Waals surface area contributed by atoms with E-state index in [2.05, 4.69) is 10.3 Å². The molecule has 128 valence electrons. The number of thiazole rings is 1. The van der Waals surface area contributed by atoms with Gasteiger partial charge in [0.2, 0.25) is 0 Å². The summed E-state index contributed by atoms with van der Waals surface area (Å²) in [6, 6.07) is 7.55. The number of aliphatic hydroxyl groups is 1. The van der Waals surface area contributed by atoms with Crippen molar-refractivity contribution in [3.05, 3.63) is 35.8 Å². The molecule has 1 heterocycles. The van der Waals surface area contributed by atoms with Crippen LogP contribution in [0.3, 0.4) is 0 Å². The maximum atomic E-state index is 12.4. The Bertz CT molecular complexity index is 675. The second-order valence-electron chi connectivity index (χ2n) is 6.34. The molecule has 1 saturated carbocycles. The number of nitrogens with one attached hydrogen (secondary N) is 1. The molecule has 2 amide bonds. The molecule has 1 aliphatic carbocycles. The Morgan fingerprint density at radius 1 is 1.42 bits per heavy atom. The summed E-state index contributed by atoms with van der Waals surface area (Å²) in [5.74, 6) is 0.177. The monoisotopic (exact) mass is 345 g/mol. The molecule has 1 aromatic carbocycles. The highest BCUT2D eigenvalue weighted by Gasteiger charge is 2.25. The van der Waals surface area contributed by atoms with Gasteiger partial charge in [-0.05, 0) is 25.0 Å². The predicted molar refractivity (Wildman–Crippen MR) is 97.2 cm³/mol. The number of benzene rings is 1. The van der Waals surface area contributed by atoms with E-state index in [4.69, 9.17) is 0 Å². The topological polar surface area (TPSA) is 65.5 Å². The third-order valence-corrected chi connectivity index (χ3v) is 5.34. The Kier molecular flexibility index (Phi) is 5.48. The molecule has 1 fully saturated rings. The number of carbonyl (C=O) groups excluding carboxylic acids is 1. The first-order valence-electron chi connectivity index (χ1n) is 8.33. The van der Waals surface area contributed by atoms with Crippen molar-refractivity contribution >= 4 is 23.1 Å². The van der Waals surface area contributed by atoms with Crippen LogP contribution >= 0.6 is 11.3 Å². The summed E-state index contributed by atoms with van der Waals surface area (Å²) in [6.07, 6.45) is 5.52. The SMILES string of the molecule is CN(CC1CCCCC1O)C(=O)Nc1cccc(-c2nccs2)c1. The molecule has 2 N–H and O–H groups in total. The standard InChI is InChI=1S/C18H23N3O2S/c1-21(12-14-5-2-3-8-16(14)22)18(23)20-15-7-4-6-13(11-15)17-19-9-10-24-17/h4,6-7,9-11,14,16,22H,2-3,5,8,12H2,1H3,(H,20,23). The minimum absolute atomic E-state index is 0.149. The van der Waals surface area contributed by atoms with E-state index in [-0.39, 0.29) is 18.1 Å². The third-order valence-electron chi connectivity index (χ3n) is 4.52. The fourth-order valence-electron chi connectivity index (χ4n) is 3.15. The number of hydrogen-bond acceptors (Lipinski definition) is 4. The molecule has 2 aromatic rings. The van der Waals surface area contributed by atoms with E-state index in [1.54, 1.807) is 29.5 Å². The van der Waals surface area contributed by atoms with Crippen LogP contribution in [-0.4, -0.2) is 40.7 Å². The van der Waals surface area contributed by atoms with Crippen LogP contribution in [0, 0.1) is 5.92 Å². The van der Waals surface area contributed by atoms with Gasteiger partial charge in [-0.2, -0.15) is 0 Å². The van der Waals surface area contributed by atoms with E-state index in [1.165, 1.54) is 0 Å². The zero-order chi connectivity index (χ0) is 16.9. The Balaban J connectivity index is 1.61. The number of aliphatic hydroxyl groups excluding tert-OH is 1. The van der Waals surface area contributed by atoms with Gasteiger partial charge in [0.15, 0.2) is 0 Å². The number of amides is 2. The summed E-state index contributed by atoms with van der Waals surface area (Å²) in [4.78, 5) is 18.4. The zero-order valence-electron chi connectivity index (χ0n) is 13.8. The lowest BCUT2D eigenvalue weighted by Gasteiger charge is -2.31. The zero-order valence-corrected chi connectivity index (χ0v) is 14.6. The lowest BCUT2D eigenvalue weighted by molar-refractivity contribution is 0.0575. The molecule has 0 aliphatic heterocycles. The van der Waals surface area contributed by atoms with Crippen molar-refractivity contribution in [2.45, 2.75) is 31.8 Å². The van der Waals surface area contributed by atoms with E-state index in [1.807, 2.05) is 29.6 Å². The van der Waals surface area contributed by atoms with Crippen molar-refractivity contribution in [2.75, 3.05) is 18.9 Å². The Labute approximate surface area is 146 Å². The minimum atomic E-state index is -0.290. The van der Waals surface area contributed by atoms with Crippen LogP contribution in [0.1, 0.15) is 25.7 Å². The molecule has 5 nitrogen and oxygen atoms in total. The fraction of sp³-hybridized carbons (Fsp3) is 0.444. The van der Waals surface area contributed by atoms with Crippen molar-refractivity contribution in [2.24, 2.45) is 5.92 Å². The lowest BCUT2D eigenvalue weighted by atomic mass is 9.86. The Hall–Kier alpha value is -1.92. The van der Waals surface area contributed by atoms with Gasteiger partial charge in [-0.1, -0.05) is 25.0 Å². The Morgan fingerprint density at radius 3 is 3.00 bits per heavy atom. The number of anilines is 1. The number of hydrogen-bond donors (Lipinski definition) is 2. The number of nitrogens with zero attached hydrogens (tertiary/aromatic N) is 2. The average molecular weight is 345 g/mol. The number of rotatable bonds is 4. The van der Waals surface area contributed by atoms with Crippen LogP contribution in [-0.2, 0) is 0 Å². The van der Waals surface area contributed by atoms with E-state index in [0.717, 1.165) is 41.9 Å². The van der Waals surface area contributed by atoms with Crippen molar-refractivity contribution in [3.63, 3.8) is 0 Å². The van der Waals surface area contributed by atoms with Crippen molar-refractivity contribution < 1.29 is 9.90 Å². The highest BCUT2D eigenvalue weighted by Crippen LogP contribution is 2.26. The van der Waals surface area contributed by atoms with Crippen LogP contribution in [0.15, 0.2) is 35.8 Å². The molecular formula is C18H23N3O2S. The second-order valence-corrected chi connectivity index (χ2v) is 7.24. The van der Waals surface area contributed by atoms with Gasteiger partial charge in [0.1, 0.15) is 5.01 Å². The Morgan fingerprint density at radius 2 is 2.25 bits per heavy atom. The molecule has 1 aliphatic rings. The van der Waals surface area contributed by atoms with Gasteiger partial charge in [-0.3, -0.25) is 0 Å². The van der Waals surface area contributed by atoms with Crippen LogP contribution in [0.5, 0.6) is 0 Å². The van der Waals surface area contributed by atoms with Gasteiger partial charge in [-0.15, -0.1) is 11.3 Å². The first kappa shape index (κ1) is 16.9. The van der Waals surface area contributed by atoms with E-state index in [9.17, 15) is 9.90 Å². The molecule has 24 heavy (non-hydrogen) atoms. The van der Waals surface area contributed by atoms with Crippen molar-refractivity contribution in [3.8, 4) is 10.6 Å². The maximum absolute atomic E-state index is 12.4. The summed E-state index contributed by atoms with van der Waals surface area (Å²) >= 11 is 1.57. The van der Waals surface area contributed by atoms with E-state index >= 15 is 0 Å². The van der Waals surface area contributed by atoms with Crippen LogP contribution < -0.4 is 5.32 Å². The first-order valence-corrected chi connectivity index (χ1v) is 9.21. The van der Waals surface area contributed by atoms with Crippen molar-refractivity contribution in [1.29, 1.82) is 0 Å². The highest BCUT2D eigenvalue weighted by molar-refractivity contribution is 7.13. The first-order chi connectivity index (χ1) is 11.6. The van der Waals surface area contributed by atoms with Crippen molar-refractivity contribution in [1.82, 2.24) is 9.88 Å². The summed E-state index contributed by atoms with van der Waals surface area (Å²) in [6.45, 7) is 0.583. The molecule has 6 heteroatoms. The largest absolute Gasteiger partial charge is 0.393 e. The second kappa shape index (κ2) is 7.77. The minimum Gasteiger partial charge on any atom is -0.393 e. The fourth-order valence-corrected chi connectivity index (χ4v) is 3.79. The molecule has 1 aromatic heterocycles. The van der Waals surface area contributed by atoms with Gasteiger partial charge in [0, 0.05) is 42.3 Å². The van der Waals surface area contributed by atoms with Gasteiger partial charge in [0.25, 0.3) is 0 Å².